The minimum absolute atomic E-state index is 0. The van der Waals surface area contributed by atoms with E-state index in [1.165, 1.54) is 0 Å². The zero-order valence-electron chi connectivity index (χ0n) is 4.44. The normalized spacial score (nSPS) is 14.7. The van der Waals surface area contributed by atoms with Crippen molar-refractivity contribution in [1.29, 1.82) is 0 Å². The summed E-state index contributed by atoms with van der Waals surface area (Å²) in [4.78, 5) is 0. The van der Waals surface area contributed by atoms with Crippen molar-refractivity contribution in [2.75, 3.05) is 0 Å². The Hall–Kier alpha value is 0.363. The van der Waals surface area contributed by atoms with E-state index in [-0.39, 0.29) is 27.6 Å². The van der Waals surface area contributed by atoms with Crippen LogP contribution in [0.25, 0.3) is 0 Å². The first-order chi connectivity index (χ1) is 2.50. The molecule has 1 rings (SSSR count). The SMILES string of the molecule is [C-]1=CC=CC1.[H-].[Zr]. The molecule has 1 aliphatic carbocycles. The van der Waals surface area contributed by atoms with Crippen LogP contribution in [-0.2, 0) is 26.2 Å². The topological polar surface area (TPSA) is 0 Å². The molecule has 0 nitrogen and oxygen atoms in total. The van der Waals surface area contributed by atoms with Gasteiger partial charge in [-0.2, -0.15) is 6.08 Å². The Bertz CT molecular complexity index is 66.1. The van der Waals surface area contributed by atoms with Crippen LogP contribution < -0.4 is 0 Å². The fraction of sp³-hybridized carbons (Fsp3) is 0.200. The molecule has 0 atom stereocenters. The molecule has 32 valence electrons. The van der Waals surface area contributed by atoms with Crippen molar-refractivity contribution in [3.8, 4) is 0 Å². The van der Waals surface area contributed by atoms with E-state index in [1.54, 1.807) is 0 Å². The number of hydrogen-bond donors (Lipinski definition) is 0. The van der Waals surface area contributed by atoms with Crippen LogP contribution in [0.4, 0.5) is 0 Å². The van der Waals surface area contributed by atoms with Crippen LogP contribution in [0, 0.1) is 6.08 Å². The molecule has 0 N–H and O–H groups in total. The van der Waals surface area contributed by atoms with Crippen LogP contribution in [0.5, 0.6) is 0 Å². The molecular weight excluding hydrogens is 151 g/mol. The Balaban J connectivity index is 0. The summed E-state index contributed by atoms with van der Waals surface area (Å²) in [5, 5.41) is 0. The summed E-state index contributed by atoms with van der Waals surface area (Å²) in [7, 11) is 0. The molecule has 0 aliphatic heterocycles. The van der Waals surface area contributed by atoms with E-state index < -0.39 is 0 Å². The van der Waals surface area contributed by atoms with Gasteiger partial charge in [0.1, 0.15) is 0 Å². The van der Waals surface area contributed by atoms with Gasteiger partial charge in [-0.3, -0.25) is 6.08 Å². The number of allylic oxidation sites excluding steroid dienone is 4. The van der Waals surface area contributed by atoms with Crippen molar-refractivity contribution >= 4 is 0 Å². The molecule has 0 saturated carbocycles. The molecular formula is C5H6Zr-2. The molecule has 0 aromatic heterocycles. The van der Waals surface area contributed by atoms with Crippen LogP contribution in [0.1, 0.15) is 7.85 Å². The average Bonchev–Trinajstić information content (AvgIpc) is 1.76. The van der Waals surface area contributed by atoms with Crippen LogP contribution in [0.3, 0.4) is 0 Å². The summed E-state index contributed by atoms with van der Waals surface area (Å²) in [6.07, 6.45) is 10.0. The summed E-state index contributed by atoms with van der Waals surface area (Å²) >= 11 is 0. The minimum Gasteiger partial charge on any atom is -1.00 e. The Labute approximate surface area is 58.5 Å². The van der Waals surface area contributed by atoms with Crippen molar-refractivity contribution < 1.29 is 27.6 Å². The Morgan fingerprint density at radius 2 is 2.50 bits per heavy atom. The van der Waals surface area contributed by atoms with E-state index in [4.69, 9.17) is 0 Å². The predicted octanol–water partition coefficient (Wildman–Crippen LogP) is 1.42. The summed E-state index contributed by atoms with van der Waals surface area (Å²) < 4.78 is 0. The third-order valence-corrected chi connectivity index (χ3v) is 0.586. The van der Waals surface area contributed by atoms with Crippen LogP contribution in [-0.4, -0.2) is 0 Å². The van der Waals surface area contributed by atoms with E-state index in [2.05, 4.69) is 12.2 Å². The summed E-state index contributed by atoms with van der Waals surface area (Å²) in [6, 6.07) is 0. The van der Waals surface area contributed by atoms with Gasteiger partial charge in [-0.15, -0.1) is 6.42 Å². The zero-order chi connectivity index (χ0) is 3.54. The Morgan fingerprint density at radius 1 is 1.67 bits per heavy atom. The molecule has 0 heterocycles. The van der Waals surface area contributed by atoms with Gasteiger partial charge in [-0.1, -0.05) is 0 Å². The van der Waals surface area contributed by atoms with E-state index in [0.29, 0.717) is 0 Å². The molecule has 1 aliphatic rings. The monoisotopic (exact) mass is 156 g/mol. The Morgan fingerprint density at radius 3 is 2.67 bits per heavy atom. The number of hydrogen-bond acceptors (Lipinski definition) is 0. The molecule has 0 bridgehead atoms. The van der Waals surface area contributed by atoms with Crippen LogP contribution in [0.15, 0.2) is 18.2 Å². The van der Waals surface area contributed by atoms with Gasteiger partial charge in [0.2, 0.25) is 0 Å². The van der Waals surface area contributed by atoms with Crippen molar-refractivity contribution in [1.82, 2.24) is 0 Å². The first kappa shape index (κ1) is 6.36. The van der Waals surface area contributed by atoms with Gasteiger partial charge in [-0.25, -0.2) is 12.2 Å². The van der Waals surface area contributed by atoms with E-state index in [1.807, 2.05) is 12.2 Å². The van der Waals surface area contributed by atoms with E-state index >= 15 is 0 Å². The quantitative estimate of drug-likeness (QED) is 0.467. The maximum absolute atomic E-state index is 2.99. The zero-order valence-corrected chi connectivity index (χ0v) is 5.90. The van der Waals surface area contributed by atoms with Crippen LogP contribution in [0.2, 0.25) is 0 Å². The van der Waals surface area contributed by atoms with Gasteiger partial charge in [0.05, 0.1) is 0 Å². The maximum atomic E-state index is 2.99. The summed E-state index contributed by atoms with van der Waals surface area (Å²) in [5.41, 5.74) is 0. The fourth-order valence-electron chi connectivity index (χ4n) is 0.340. The summed E-state index contributed by atoms with van der Waals surface area (Å²) in [6.45, 7) is 0. The predicted molar refractivity (Wildman–Crippen MR) is 22.7 cm³/mol. The molecule has 0 amide bonds. The molecule has 0 radical (unpaired) electrons. The molecule has 0 fully saturated rings. The van der Waals surface area contributed by atoms with Crippen LogP contribution >= 0.6 is 0 Å². The molecule has 0 aromatic rings. The van der Waals surface area contributed by atoms with Gasteiger partial charge in [-0.05, 0) is 0 Å². The first-order valence-corrected chi connectivity index (χ1v) is 1.72. The largest absolute Gasteiger partial charge is 1.00 e. The van der Waals surface area contributed by atoms with Crippen molar-refractivity contribution in [2.24, 2.45) is 0 Å². The molecule has 1 heteroatoms. The molecule has 0 saturated heterocycles. The van der Waals surface area contributed by atoms with Gasteiger partial charge in [0.15, 0.2) is 0 Å². The number of rotatable bonds is 0. The average molecular weight is 157 g/mol. The third kappa shape index (κ3) is 1.72. The standard InChI is InChI=1S/C5H5.Zr.H/c1-2-4-5-3-1;;/h1-3H,4H2;;/q-1;;-1. The second-order valence-electron chi connectivity index (χ2n) is 1.00. The minimum atomic E-state index is 0. The molecule has 6 heavy (non-hydrogen) atoms. The second-order valence-corrected chi connectivity index (χ2v) is 1.00. The van der Waals surface area contributed by atoms with Crippen molar-refractivity contribution in [3.05, 3.63) is 24.3 Å². The summed E-state index contributed by atoms with van der Waals surface area (Å²) in [5.74, 6) is 0. The molecule has 0 spiro atoms. The molecule has 0 unspecified atom stereocenters. The van der Waals surface area contributed by atoms with Gasteiger partial charge >= 0.3 is 0 Å². The first-order valence-electron chi connectivity index (χ1n) is 1.72. The van der Waals surface area contributed by atoms with Crippen molar-refractivity contribution in [2.45, 2.75) is 6.42 Å². The molecule has 0 aromatic carbocycles. The van der Waals surface area contributed by atoms with E-state index in [0.717, 1.165) is 6.42 Å². The maximum Gasteiger partial charge on any atom is 0 e. The smallest absolute Gasteiger partial charge is 0 e. The fourth-order valence-corrected chi connectivity index (χ4v) is 0.340. The van der Waals surface area contributed by atoms with Gasteiger partial charge < -0.3 is 1.43 Å². The van der Waals surface area contributed by atoms with E-state index in [9.17, 15) is 0 Å². The van der Waals surface area contributed by atoms with Crippen molar-refractivity contribution in [3.63, 3.8) is 0 Å². The van der Waals surface area contributed by atoms with Gasteiger partial charge in [0.25, 0.3) is 0 Å². The Kier molecular flexibility index (Phi) is 3.76. The van der Waals surface area contributed by atoms with Gasteiger partial charge in [0, 0.05) is 26.2 Å². The second kappa shape index (κ2) is 3.55. The third-order valence-electron chi connectivity index (χ3n) is 0.586.